The number of aromatic nitrogens is 1. The largest absolute Gasteiger partial charge is 0.386 e. The summed E-state index contributed by atoms with van der Waals surface area (Å²) in [4.78, 5) is 16.3. The molecule has 1 amide bonds. The van der Waals surface area contributed by atoms with Crippen molar-refractivity contribution in [2.75, 3.05) is 25.6 Å². The van der Waals surface area contributed by atoms with Crippen molar-refractivity contribution in [2.45, 2.75) is 25.3 Å². The molecule has 1 saturated heterocycles. The van der Waals surface area contributed by atoms with Crippen LogP contribution in [0.5, 0.6) is 0 Å². The predicted molar refractivity (Wildman–Crippen MR) is 69.7 cm³/mol. The average Bonchev–Trinajstić information content (AvgIpc) is 2.39. The summed E-state index contributed by atoms with van der Waals surface area (Å²) >= 11 is 0. The molecule has 5 nitrogen and oxygen atoms in total. The number of hydrogen-bond acceptors (Lipinski definition) is 4. The van der Waals surface area contributed by atoms with Crippen LogP contribution in [-0.4, -0.2) is 36.7 Å². The highest BCUT2D eigenvalue weighted by atomic mass is 16.5. The lowest BCUT2D eigenvalue weighted by Crippen LogP contribution is -2.51. The fourth-order valence-electron chi connectivity index (χ4n) is 2.17. The van der Waals surface area contributed by atoms with Crippen molar-refractivity contribution < 1.29 is 9.53 Å². The van der Waals surface area contributed by atoms with E-state index in [4.69, 9.17) is 4.74 Å². The number of nitrogens with zero attached hydrogens (tertiary/aromatic N) is 1. The second-order valence-electron chi connectivity index (χ2n) is 4.84. The first-order valence-corrected chi connectivity index (χ1v) is 6.17. The molecule has 0 spiro atoms. The van der Waals surface area contributed by atoms with Crippen molar-refractivity contribution in [3.63, 3.8) is 0 Å². The van der Waals surface area contributed by atoms with Crippen molar-refractivity contribution in [2.24, 2.45) is 0 Å². The molecule has 1 fully saturated rings. The van der Waals surface area contributed by atoms with Gasteiger partial charge in [0.25, 0.3) is 5.91 Å². The monoisotopic (exact) mass is 249 g/mol. The van der Waals surface area contributed by atoms with E-state index in [2.05, 4.69) is 15.6 Å². The van der Waals surface area contributed by atoms with Gasteiger partial charge in [0.1, 0.15) is 0 Å². The standard InChI is InChI=1S/C13H19N3O2/c1-13(5-3-7-18-9-13)16-12(17)10-4-6-15-8-11(10)14-2/h4,6,8,14H,3,5,7,9H2,1-2H3,(H,16,17). The molecular formula is C13H19N3O2. The van der Waals surface area contributed by atoms with Gasteiger partial charge in [-0.2, -0.15) is 0 Å². The Morgan fingerprint density at radius 3 is 3.06 bits per heavy atom. The molecule has 0 aliphatic carbocycles. The Bertz CT molecular complexity index is 428. The Morgan fingerprint density at radius 2 is 2.39 bits per heavy atom. The van der Waals surface area contributed by atoms with Crippen LogP contribution in [-0.2, 0) is 4.74 Å². The molecule has 2 heterocycles. The highest BCUT2D eigenvalue weighted by Gasteiger charge is 2.30. The molecule has 1 unspecified atom stereocenters. The van der Waals surface area contributed by atoms with E-state index in [1.165, 1.54) is 0 Å². The van der Waals surface area contributed by atoms with Gasteiger partial charge in [-0.3, -0.25) is 9.78 Å². The summed E-state index contributed by atoms with van der Waals surface area (Å²) in [6.07, 6.45) is 5.19. The maximum absolute atomic E-state index is 12.3. The molecule has 1 aromatic rings. The second-order valence-corrected chi connectivity index (χ2v) is 4.84. The number of anilines is 1. The lowest BCUT2D eigenvalue weighted by Gasteiger charge is -2.34. The van der Waals surface area contributed by atoms with E-state index in [1.807, 2.05) is 6.92 Å². The fourth-order valence-corrected chi connectivity index (χ4v) is 2.17. The summed E-state index contributed by atoms with van der Waals surface area (Å²) in [5, 5.41) is 6.03. The predicted octanol–water partition coefficient (Wildman–Crippen LogP) is 1.42. The number of nitrogens with one attached hydrogen (secondary N) is 2. The van der Waals surface area contributed by atoms with Crippen molar-refractivity contribution in [1.82, 2.24) is 10.3 Å². The molecule has 5 heteroatoms. The van der Waals surface area contributed by atoms with Crippen LogP contribution in [0, 0.1) is 0 Å². The molecule has 0 radical (unpaired) electrons. The normalized spacial score (nSPS) is 23.4. The minimum absolute atomic E-state index is 0.0882. The highest BCUT2D eigenvalue weighted by Crippen LogP contribution is 2.20. The maximum Gasteiger partial charge on any atom is 0.253 e. The number of amides is 1. The third-order valence-electron chi connectivity index (χ3n) is 3.19. The van der Waals surface area contributed by atoms with Crippen LogP contribution in [0.3, 0.4) is 0 Å². The number of hydrogen-bond donors (Lipinski definition) is 2. The third kappa shape index (κ3) is 2.79. The minimum atomic E-state index is -0.274. The fraction of sp³-hybridized carbons (Fsp3) is 0.538. The van der Waals surface area contributed by atoms with Gasteiger partial charge < -0.3 is 15.4 Å². The van der Waals surface area contributed by atoms with Gasteiger partial charge in [-0.25, -0.2) is 0 Å². The van der Waals surface area contributed by atoms with E-state index < -0.39 is 0 Å². The van der Waals surface area contributed by atoms with Gasteiger partial charge in [0, 0.05) is 19.9 Å². The molecule has 98 valence electrons. The first kappa shape index (κ1) is 12.8. The smallest absolute Gasteiger partial charge is 0.253 e. The minimum Gasteiger partial charge on any atom is -0.386 e. The van der Waals surface area contributed by atoms with Crippen LogP contribution in [0.1, 0.15) is 30.1 Å². The van der Waals surface area contributed by atoms with Crippen molar-refractivity contribution in [1.29, 1.82) is 0 Å². The Labute approximate surface area is 107 Å². The van der Waals surface area contributed by atoms with Gasteiger partial charge in [-0.05, 0) is 25.8 Å². The zero-order valence-corrected chi connectivity index (χ0v) is 10.8. The zero-order valence-electron chi connectivity index (χ0n) is 10.8. The molecule has 2 rings (SSSR count). The van der Waals surface area contributed by atoms with Gasteiger partial charge >= 0.3 is 0 Å². The molecular weight excluding hydrogens is 230 g/mol. The molecule has 0 aromatic carbocycles. The molecule has 0 saturated carbocycles. The quantitative estimate of drug-likeness (QED) is 0.850. The van der Waals surface area contributed by atoms with Crippen LogP contribution < -0.4 is 10.6 Å². The third-order valence-corrected chi connectivity index (χ3v) is 3.19. The first-order valence-electron chi connectivity index (χ1n) is 6.17. The number of carbonyl (C=O) groups is 1. The van der Waals surface area contributed by atoms with Crippen molar-refractivity contribution in [3.8, 4) is 0 Å². The zero-order chi connectivity index (χ0) is 13.0. The van der Waals surface area contributed by atoms with Crippen LogP contribution in [0.25, 0.3) is 0 Å². The van der Waals surface area contributed by atoms with Crippen LogP contribution in [0.2, 0.25) is 0 Å². The number of pyridine rings is 1. The summed E-state index contributed by atoms with van der Waals surface area (Å²) < 4.78 is 5.44. The van der Waals surface area contributed by atoms with Crippen molar-refractivity contribution in [3.05, 3.63) is 24.0 Å². The van der Waals surface area contributed by atoms with E-state index in [1.54, 1.807) is 25.5 Å². The Kier molecular flexibility index (Phi) is 3.81. The van der Waals surface area contributed by atoms with E-state index in [0.29, 0.717) is 12.2 Å². The summed E-state index contributed by atoms with van der Waals surface area (Å²) in [6, 6.07) is 1.72. The number of carbonyl (C=O) groups excluding carboxylic acids is 1. The first-order chi connectivity index (χ1) is 8.64. The number of rotatable bonds is 3. The molecule has 1 aromatic heterocycles. The van der Waals surface area contributed by atoms with Crippen LogP contribution in [0.4, 0.5) is 5.69 Å². The van der Waals surface area contributed by atoms with E-state index in [0.717, 1.165) is 25.1 Å². The summed E-state index contributed by atoms with van der Waals surface area (Å²) in [7, 11) is 1.78. The van der Waals surface area contributed by atoms with E-state index in [9.17, 15) is 4.79 Å². The maximum atomic E-state index is 12.3. The highest BCUT2D eigenvalue weighted by molar-refractivity contribution is 5.99. The Balaban J connectivity index is 2.11. The SMILES string of the molecule is CNc1cnccc1C(=O)NC1(C)CCCOC1. The van der Waals surface area contributed by atoms with E-state index in [-0.39, 0.29) is 11.4 Å². The van der Waals surface area contributed by atoms with Gasteiger partial charge in [0.05, 0.1) is 29.6 Å². The topological polar surface area (TPSA) is 63.2 Å². The lowest BCUT2D eigenvalue weighted by molar-refractivity contribution is 0.0273. The van der Waals surface area contributed by atoms with Gasteiger partial charge in [-0.1, -0.05) is 0 Å². The Morgan fingerprint density at radius 1 is 1.56 bits per heavy atom. The van der Waals surface area contributed by atoms with Crippen LogP contribution in [0.15, 0.2) is 18.5 Å². The summed E-state index contributed by atoms with van der Waals surface area (Å²) in [5.41, 5.74) is 1.07. The van der Waals surface area contributed by atoms with Gasteiger partial charge in [0.2, 0.25) is 0 Å². The average molecular weight is 249 g/mol. The van der Waals surface area contributed by atoms with Gasteiger partial charge in [-0.15, -0.1) is 0 Å². The number of ether oxygens (including phenoxy) is 1. The summed E-state index contributed by atoms with van der Waals surface area (Å²) in [5.74, 6) is -0.0882. The van der Waals surface area contributed by atoms with Gasteiger partial charge in [0.15, 0.2) is 0 Å². The molecule has 18 heavy (non-hydrogen) atoms. The Hall–Kier alpha value is -1.62. The van der Waals surface area contributed by atoms with Crippen molar-refractivity contribution >= 4 is 11.6 Å². The molecule has 1 aliphatic heterocycles. The summed E-state index contributed by atoms with van der Waals surface area (Å²) in [6.45, 7) is 3.37. The van der Waals surface area contributed by atoms with E-state index >= 15 is 0 Å². The molecule has 2 N–H and O–H groups in total. The molecule has 0 bridgehead atoms. The second kappa shape index (κ2) is 5.35. The molecule has 1 aliphatic rings. The van der Waals surface area contributed by atoms with Crippen LogP contribution >= 0.6 is 0 Å². The lowest BCUT2D eigenvalue weighted by atomic mass is 9.94. The molecule has 1 atom stereocenters.